The van der Waals surface area contributed by atoms with Crippen LogP contribution in [0, 0.1) is 30.2 Å². The summed E-state index contributed by atoms with van der Waals surface area (Å²) in [4.78, 5) is 27.3. The van der Waals surface area contributed by atoms with Crippen LogP contribution in [0.2, 0.25) is 0 Å². The summed E-state index contributed by atoms with van der Waals surface area (Å²) in [5.41, 5.74) is 3.91. The smallest absolute Gasteiger partial charge is 0.339 e. The van der Waals surface area contributed by atoms with Crippen LogP contribution in [0.25, 0.3) is 22.1 Å². The summed E-state index contributed by atoms with van der Waals surface area (Å²) in [5.74, 6) is -0.459. The van der Waals surface area contributed by atoms with Crippen LogP contribution < -0.4 is 11.2 Å². The monoisotopic (exact) mass is 673 g/mol. The van der Waals surface area contributed by atoms with Crippen molar-refractivity contribution in [3.05, 3.63) is 100 Å². The normalized spacial score (nSPS) is 15.6. The van der Waals surface area contributed by atoms with Crippen molar-refractivity contribution in [1.82, 2.24) is 4.57 Å². The molecule has 2 aliphatic rings. The maximum Gasteiger partial charge on any atom is 0.339 e. The third-order valence-corrected chi connectivity index (χ3v) is 11.1. The quantitative estimate of drug-likeness (QED) is 0.215. The molecule has 2 aromatic carbocycles. The van der Waals surface area contributed by atoms with E-state index in [1.54, 1.807) is 23.6 Å². The van der Waals surface area contributed by atoms with Crippen molar-refractivity contribution in [2.24, 2.45) is 0 Å². The number of nitrogens with zero attached hydrogens (tertiary/aromatic N) is 1. The molecule has 6 rings (SSSR count). The van der Waals surface area contributed by atoms with Crippen LogP contribution >= 0.6 is 22.6 Å². The van der Waals surface area contributed by atoms with Gasteiger partial charge in [0.2, 0.25) is 0 Å². The molecule has 2 heterocycles. The maximum absolute atomic E-state index is 14.9. The van der Waals surface area contributed by atoms with Crippen LogP contribution in [-0.2, 0) is 22.0 Å². The molecule has 0 aliphatic heterocycles. The fourth-order valence-corrected chi connectivity index (χ4v) is 7.96. The summed E-state index contributed by atoms with van der Waals surface area (Å²) in [6, 6.07) is 10.4. The molecule has 2 aromatic heterocycles. The van der Waals surface area contributed by atoms with Crippen LogP contribution in [0.1, 0.15) is 65.2 Å². The number of fused-ring (bicyclic) bond motifs is 1. The van der Waals surface area contributed by atoms with Crippen molar-refractivity contribution >= 4 is 43.4 Å². The highest BCUT2D eigenvalue weighted by Crippen LogP contribution is 2.41. The van der Waals surface area contributed by atoms with E-state index in [0.717, 1.165) is 27.5 Å². The first-order valence-corrected chi connectivity index (χ1v) is 16.2. The van der Waals surface area contributed by atoms with Gasteiger partial charge in [-0.25, -0.2) is 17.6 Å². The Hall–Kier alpha value is -2.79. The molecule has 2 aliphatic carbocycles. The number of hydrogen-bond acceptors (Lipinski definition) is 5. The van der Waals surface area contributed by atoms with E-state index in [9.17, 15) is 22.4 Å². The molecule has 0 unspecified atom stereocenters. The molecule has 0 spiro atoms. The topological polar surface area (TPSA) is 86.4 Å². The molecular weight excluding hydrogens is 644 g/mol. The second kappa shape index (κ2) is 9.94. The summed E-state index contributed by atoms with van der Waals surface area (Å²) < 4.78 is 49.1. The van der Waals surface area contributed by atoms with Gasteiger partial charge in [0.05, 0.1) is 16.4 Å². The Kier molecular flexibility index (Phi) is 6.80. The summed E-state index contributed by atoms with van der Waals surface area (Å²) >= 11 is 2.04. The van der Waals surface area contributed by atoms with Crippen molar-refractivity contribution in [2.75, 3.05) is 0 Å². The van der Waals surface area contributed by atoms with Crippen LogP contribution in [0.15, 0.2) is 50.4 Å². The number of halogens is 2. The van der Waals surface area contributed by atoms with Gasteiger partial charge in [-0.15, -0.1) is 0 Å². The zero-order chi connectivity index (χ0) is 28.5. The molecule has 0 amide bonds. The van der Waals surface area contributed by atoms with Gasteiger partial charge in [0.1, 0.15) is 5.82 Å². The lowest BCUT2D eigenvalue weighted by Gasteiger charge is -2.20. The van der Waals surface area contributed by atoms with Gasteiger partial charge in [-0.3, -0.25) is 4.79 Å². The van der Waals surface area contributed by atoms with Crippen molar-refractivity contribution in [2.45, 2.75) is 69.9 Å². The number of hydrogen-bond donors (Lipinski definition) is 0. The lowest BCUT2D eigenvalue weighted by molar-refractivity contribution is 0.549. The number of aromatic nitrogens is 1. The molecule has 0 atom stereocenters. The van der Waals surface area contributed by atoms with Gasteiger partial charge in [0, 0.05) is 32.9 Å². The average Bonchev–Trinajstić information content (AvgIpc) is 3.79. The molecule has 208 valence electrons. The largest absolute Gasteiger partial charge is 0.422 e. The predicted molar refractivity (Wildman–Crippen MR) is 162 cm³/mol. The molecule has 2 saturated carbocycles. The first-order valence-electron chi connectivity index (χ1n) is 13.4. The number of sulfone groups is 1. The molecule has 4 aromatic rings. The van der Waals surface area contributed by atoms with Crippen molar-refractivity contribution in [3.63, 3.8) is 0 Å². The SMILES string of the molecule is Cc1c(CS(=O)(=O)C2CC2)cccc1-c1c(C)n(C2CC2)c(=O)c2c(Cc3ccc(I)cc3F)c(C)c(=O)oc12. The lowest BCUT2D eigenvalue weighted by Crippen LogP contribution is -2.26. The second-order valence-corrected chi connectivity index (χ2v) is 14.6. The molecule has 40 heavy (non-hydrogen) atoms. The Morgan fingerprint density at radius 2 is 1.73 bits per heavy atom. The zero-order valence-electron chi connectivity index (χ0n) is 22.5. The Morgan fingerprint density at radius 1 is 1.00 bits per heavy atom. The third-order valence-electron chi connectivity index (χ3n) is 8.26. The van der Waals surface area contributed by atoms with Gasteiger partial charge in [-0.1, -0.05) is 24.3 Å². The van der Waals surface area contributed by atoms with Crippen molar-refractivity contribution in [1.29, 1.82) is 0 Å². The van der Waals surface area contributed by atoms with E-state index < -0.39 is 21.3 Å². The van der Waals surface area contributed by atoms with Crippen LogP contribution in [0.4, 0.5) is 4.39 Å². The Labute approximate surface area is 245 Å². The van der Waals surface area contributed by atoms with E-state index in [1.807, 2.05) is 54.6 Å². The average molecular weight is 674 g/mol. The summed E-state index contributed by atoms with van der Waals surface area (Å²) in [5, 5.41) is -0.00179. The molecule has 0 bridgehead atoms. The maximum atomic E-state index is 14.9. The highest BCUT2D eigenvalue weighted by molar-refractivity contribution is 14.1. The van der Waals surface area contributed by atoms with Crippen molar-refractivity contribution in [3.8, 4) is 11.1 Å². The first-order chi connectivity index (χ1) is 19.0. The van der Waals surface area contributed by atoms with E-state index in [0.29, 0.717) is 40.8 Å². The van der Waals surface area contributed by atoms with Gasteiger partial charge in [-0.2, -0.15) is 0 Å². The minimum absolute atomic E-state index is 0.0320. The summed E-state index contributed by atoms with van der Waals surface area (Å²) in [6.07, 6.45) is 3.19. The highest BCUT2D eigenvalue weighted by Gasteiger charge is 2.36. The van der Waals surface area contributed by atoms with Crippen LogP contribution in [0.3, 0.4) is 0 Å². The fourth-order valence-electron chi connectivity index (χ4n) is 5.67. The molecule has 2 fully saturated rings. The van der Waals surface area contributed by atoms with Crippen LogP contribution in [-0.4, -0.2) is 18.2 Å². The first kappa shape index (κ1) is 27.4. The van der Waals surface area contributed by atoms with E-state index in [4.69, 9.17) is 4.42 Å². The van der Waals surface area contributed by atoms with Gasteiger partial charge in [-0.05, 0) is 109 Å². The standard InChI is InChI=1S/C31H29FINO5S/c1-16-20(15-40(37,38)23-11-12-23)5-4-6-24(16)27-18(3)34(22-9-10-22)30(35)28-25(17(2)31(36)39-29(27)28)13-19-7-8-21(33)14-26(19)32/h4-8,14,22-23H,9-13,15H2,1-3H3. The van der Waals surface area contributed by atoms with Gasteiger partial charge in [0.15, 0.2) is 15.4 Å². The minimum atomic E-state index is -3.26. The molecular formula is C31H29FINO5S. The third kappa shape index (κ3) is 4.74. The lowest BCUT2D eigenvalue weighted by atomic mass is 9.91. The summed E-state index contributed by atoms with van der Waals surface area (Å²) in [6.45, 7) is 5.33. The van der Waals surface area contributed by atoms with Gasteiger partial charge >= 0.3 is 5.63 Å². The highest BCUT2D eigenvalue weighted by atomic mass is 127. The Balaban J connectivity index is 1.64. The van der Waals surface area contributed by atoms with Gasteiger partial charge in [0.25, 0.3) is 5.56 Å². The Bertz CT molecular complexity index is 1930. The molecule has 0 N–H and O–H groups in total. The molecule has 0 saturated heterocycles. The summed E-state index contributed by atoms with van der Waals surface area (Å²) in [7, 11) is -3.26. The molecule has 6 nitrogen and oxygen atoms in total. The van der Waals surface area contributed by atoms with Crippen LogP contribution in [0.5, 0.6) is 0 Å². The van der Waals surface area contributed by atoms with Gasteiger partial charge < -0.3 is 8.98 Å². The zero-order valence-corrected chi connectivity index (χ0v) is 25.5. The predicted octanol–water partition coefficient (Wildman–Crippen LogP) is 6.29. The second-order valence-electron chi connectivity index (χ2n) is 11.1. The minimum Gasteiger partial charge on any atom is -0.422 e. The number of rotatable bonds is 7. The fraction of sp³-hybridized carbons (Fsp3) is 0.355. The van der Waals surface area contributed by atoms with E-state index in [-0.39, 0.29) is 45.6 Å². The van der Waals surface area contributed by atoms with E-state index in [1.165, 1.54) is 6.07 Å². The number of pyridine rings is 1. The van der Waals surface area contributed by atoms with E-state index >= 15 is 0 Å². The Morgan fingerprint density at radius 3 is 2.38 bits per heavy atom. The van der Waals surface area contributed by atoms with Crippen molar-refractivity contribution < 1.29 is 17.2 Å². The van der Waals surface area contributed by atoms with E-state index in [2.05, 4.69) is 0 Å². The number of benzene rings is 2. The molecule has 9 heteroatoms. The molecule has 0 radical (unpaired) electrons.